The summed E-state index contributed by atoms with van der Waals surface area (Å²) >= 11 is 0. The van der Waals surface area contributed by atoms with E-state index in [2.05, 4.69) is 4.72 Å². The van der Waals surface area contributed by atoms with Gasteiger partial charge in [0.25, 0.3) is 10.2 Å². The van der Waals surface area contributed by atoms with E-state index in [-0.39, 0.29) is 6.04 Å². The summed E-state index contributed by atoms with van der Waals surface area (Å²) in [6.07, 6.45) is 1.33. The van der Waals surface area contributed by atoms with Crippen molar-refractivity contribution in [2.75, 3.05) is 26.2 Å². The molecular weight excluding hydrogens is 350 g/mol. The Bertz CT molecular complexity index is 804. The van der Waals surface area contributed by atoms with Crippen LogP contribution in [0.4, 0.5) is 0 Å². The maximum absolute atomic E-state index is 12.9. The molecule has 1 atom stereocenters. The quantitative estimate of drug-likeness (QED) is 0.749. The van der Waals surface area contributed by atoms with E-state index in [0.29, 0.717) is 32.6 Å². The number of carbonyl (C=O) groups excluding carboxylic acids is 1. The molecule has 1 aliphatic rings. The molecule has 2 aromatic rings. The fourth-order valence-electron chi connectivity index (χ4n) is 3.07. The number of hydrogen-bond acceptors (Lipinski definition) is 3. The highest BCUT2D eigenvalue weighted by atomic mass is 32.2. The number of benzene rings is 2. The van der Waals surface area contributed by atoms with Crippen LogP contribution in [0.1, 0.15) is 17.2 Å². The molecular formula is C19H23N3O3S. The normalized spacial score (nSPS) is 17.0. The van der Waals surface area contributed by atoms with Crippen LogP contribution in [0, 0.1) is 0 Å². The van der Waals surface area contributed by atoms with E-state index in [0.717, 1.165) is 17.5 Å². The molecule has 1 saturated heterocycles. The maximum Gasteiger partial charge on any atom is 0.280 e. The highest BCUT2D eigenvalue weighted by Crippen LogP contribution is 2.20. The van der Waals surface area contributed by atoms with Crippen molar-refractivity contribution in [3.63, 3.8) is 0 Å². The Morgan fingerprint density at radius 2 is 1.50 bits per heavy atom. The first-order valence-corrected chi connectivity index (χ1v) is 10.1. The van der Waals surface area contributed by atoms with Gasteiger partial charge in [-0.2, -0.15) is 17.4 Å². The summed E-state index contributed by atoms with van der Waals surface area (Å²) < 4.78 is 30.0. The molecule has 6 nitrogen and oxygen atoms in total. The maximum atomic E-state index is 12.9. The standard InChI is InChI=1S/C19H23N3O3S/c23-16-21-11-13-22(14-12-21)26(24,25)20-19(18-9-5-2-6-10-18)15-17-7-3-1-4-8-17/h1-10,16,19-20H,11-15H2/t19-/m0/s1. The van der Waals surface area contributed by atoms with Crippen LogP contribution in [0.3, 0.4) is 0 Å². The van der Waals surface area contributed by atoms with Crippen LogP contribution in [-0.4, -0.2) is 50.2 Å². The van der Waals surface area contributed by atoms with Crippen molar-refractivity contribution in [3.05, 3.63) is 71.8 Å². The van der Waals surface area contributed by atoms with Crippen LogP contribution in [0.15, 0.2) is 60.7 Å². The third-order valence-corrected chi connectivity index (χ3v) is 6.17. The summed E-state index contributed by atoms with van der Waals surface area (Å²) in [5.41, 5.74) is 1.99. The number of hydrogen-bond donors (Lipinski definition) is 1. The van der Waals surface area contributed by atoms with Crippen molar-refractivity contribution in [2.24, 2.45) is 0 Å². The Labute approximate surface area is 154 Å². The third-order valence-electron chi connectivity index (χ3n) is 4.54. The van der Waals surface area contributed by atoms with E-state index >= 15 is 0 Å². The lowest BCUT2D eigenvalue weighted by Crippen LogP contribution is -2.52. The Morgan fingerprint density at radius 1 is 0.923 bits per heavy atom. The first kappa shape index (κ1) is 18.6. The molecule has 2 aromatic carbocycles. The lowest BCUT2D eigenvalue weighted by atomic mass is 10.00. The molecule has 0 unspecified atom stereocenters. The minimum Gasteiger partial charge on any atom is -0.343 e. The van der Waals surface area contributed by atoms with Crippen LogP contribution >= 0.6 is 0 Å². The molecule has 1 N–H and O–H groups in total. The van der Waals surface area contributed by atoms with E-state index in [1.54, 1.807) is 4.90 Å². The Kier molecular flexibility index (Phi) is 6.03. The second-order valence-corrected chi connectivity index (χ2v) is 8.02. The highest BCUT2D eigenvalue weighted by Gasteiger charge is 2.29. The molecule has 0 radical (unpaired) electrons. The van der Waals surface area contributed by atoms with Gasteiger partial charge in [0.15, 0.2) is 0 Å². The van der Waals surface area contributed by atoms with Gasteiger partial charge in [-0.15, -0.1) is 0 Å². The lowest BCUT2D eigenvalue weighted by Gasteiger charge is -2.33. The molecule has 1 aliphatic heterocycles. The predicted octanol–water partition coefficient (Wildman–Crippen LogP) is 1.58. The third kappa shape index (κ3) is 4.69. The van der Waals surface area contributed by atoms with Crippen LogP contribution in [0.2, 0.25) is 0 Å². The molecule has 1 fully saturated rings. The van der Waals surface area contributed by atoms with Crippen molar-refractivity contribution in [1.82, 2.24) is 13.9 Å². The smallest absolute Gasteiger partial charge is 0.280 e. The van der Waals surface area contributed by atoms with Gasteiger partial charge >= 0.3 is 0 Å². The molecule has 0 aliphatic carbocycles. The summed E-state index contributed by atoms with van der Waals surface area (Å²) in [5, 5.41) is 0. The SMILES string of the molecule is O=CN1CCN(S(=O)(=O)N[C@@H](Cc2ccccc2)c2ccccc2)CC1. The number of amides is 1. The van der Waals surface area contributed by atoms with Gasteiger partial charge in [0.1, 0.15) is 0 Å². The monoisotopic (exact) mass is 373 g/mol. The second-order valence-electron chi connectivity index (χ2n) is 6.32. The van der Waals surface area contributed by atoms with Crippen LogP contribution in [0.5, 0.6) is 0 Å². The van der Waals surface area contributed by atoms with E-state index in [1.807, 2.05) is 60.7 Å². The molecule has 1 heterocycles. The minimum absolute atomic E-state index is 0.306. The molecule has 3 rings (SSSR count). The number of carbonyl (C=O) groups is 1. The van der Waals surface area contributed by atoms with E-state index in [1.165, 1.54) is 4.31 Å². The van der Waals surface area contributed by atoms with Gasteiger partial charge in [0, 0.05) is 26.2 Å². The largest absolute Gasteiger partial charge is 0.343 e. The average molecular weight is 373 g/mol. The molecule has 0 saturated carbocycles. The lowest BCUT2D eigenvalue weighted by molar-refractivity contribution is -0.119. The topological polar surface area (TPSA) is 69.7 Å². The Morgan fingerprint density at radius 3 is 2.08 bits per heavy atom. The minimum atomic E-state index is -3.64. The number of nitrogens with one attached hydrogen (secondary N) is 1. The van der Waals surface area contributed by atoms with Gasteiger partial charge in [0.2, 0.25) is 6.41 Å². The van der Waals surface area contributed by atoms with Gasteiger partial charge in [-0.05, 0) is 17.5 Å². The van der Waals surface area contributed by atoms with Crippen LogP contribution in [0.25, 0.3) is 0 Å². The summed E-state index contributed by atoms with van der Waals surface area (Å²) in [6.45, 7) is 1.44. The van der Waals surface area contributed by atoms with Crippen molar-refractivity contribution >= 4 is 16.6 Å². The fourth-order valence-corrected chi connectivity index (χ4v) is 4.44. The van der Waals surface area contributed by atoms with Crippen molar-refractivity contribution < 1.29 is 13.2 Å². The van der Waals surface area contributed by atoms with Gasteiger partial charge in [-0.3, -0.25) is 4.79 Å². The average Bonchev–Trinajstić information content (AvgIpc) is 2.69. The molecule has 0 aromatic heterocycles. The Hall–Kier alpha value is -2.22. The summed E-state index contributed by atoms with van der Waals surface area (Å²) in [7, 11) is -3.64. The summed E-state index contributed by atoms with van der Waals surface area (Å²) in [6, 6.07) is 19.1. The first-order chi connectivity index (χ1) is 12.6. The van der Waals surface area contributed by atoms with Crippen molar-refractivity contribution in [2.45, 2.75) is 12.5 Å². The molecule has 0 bridgehead atoms. The molecule has 26 heavy (non-hydrogen) atoms. The number of rotatable bonds is 7. The van der Waals surface area contributed by atoms with Crippen LogP contribution < -0.4 is 4.72 Å². The van der Waals surface area contributed by atoms with E-state index in [4.69, 9.17) is 0 Å². The predicted molar refractivity (Wildman–Crippen MR) is 101 cm³/mol. The molecule has 1 amide bonds. The van der Waals surface area contributed by atoms with Crippen LogP contribution in [-0.2, 0) is 21.4 Å². The summed E-state index contributed by atoms with van der Waals surface area (Å²) in [4.78, 5) is 12.4. The van der Waals surface area contributed by atoms with Crippen molar-refractivity contribution in [3.8, 4) is 0 Å². The fraction of sp³-hybridized carbons (Fsp3) is 0.316. The van der Waals surface area contributed by atoms with E-state index < -0.39 is 10.2 Å². The van der Waals surface area contributed by atoms with Gasteiger partial charge in [-0.1, -0.05) is 60.7 Å². The van der Waals surface area contributed by atoms with Gasteiger partial charge in [-0.25, -0.2) is 0 Å². The zero-order valence-electron chi connectivity index (χ0n) is 14.5. The highest BCUT2D eigenvalue weighted by molar-refractivity contribution is 7.87. The van der Waals surface area contributed by atoms with Gasteiger partial charge in [0.05, 0.1) is 6.04 Å². The van der Waals surface area contributed by atoms with Crippen molar-refractivity contribution in [1.29, 1.82) is 0 Å². The zero-order chi connectivity index (χ0) is 18.4. The Balaban J connectivity index is 1.77. The molecule has 138 valence electrons. The molecule has 7 heteroatoms. The number of nitrogens with zero attached hydrogens (tertiary/aromatic N) is 2. The zero-order valence-corrected chi connectivity index (χ0v) is 15.3. The van der Waals surface area contributed by atoms with Gasteiger partial charge < -0.3 is 4.90 Å². The second kappa shape index (κ2) is 8.44. The molecule has 0 spiro atoms. The van der Waals surface area contributed by atoms with E-state index in [9.17, 15) is 13.2 Å². The summed E-state index contributed by atoms with van der Waals surface area (Å²) in [5.74, 6) is 0. The first-order valence-electron chi connectivity index (χ1n) is 8.64. The number of piperazine rings is 1.